The van der Waals surface area contributed by atoms with Crippen molar-refractivity contribution in [1.29, 1.82) is 0 Å². The number of hydrogen-bond acceptors (Lipinski definition) is 5. The lowest BCUT2D eigenvalue weighted by atomic mass is 9.67. The van der Waals surface area contributed by atoms with Crippen LogP contribution in [0.4, 0.5) is 0 Å². The molecule has 6 nitrogen and oxygen atoms in total. The first-order chi connectivity index (χ1) is 18.2. The molecule has 2 unspecified atom stereocenters. The van der Waals surface area contributed by atoms with Gasteiger partial charge in [-0.3, -0.25) is 4.79 Å². The minimum Gasteiger partial charge on any atom is -0.507 e. The SMILES string of the molecule is CCCCCc1cc2c(c(O)c1C(=O)N[C@@H](Cc1ccccc1)C(=O)OC)C1C=C(C)CCC1C(C)(C)O2. The second kappa shape index (κ2) is 11.6. The Morgan fingerprint density at radius 2 is 1.95 bits per heavy atom. The van der Waals surface area contributed by atoms with E-state index in [1.165, 1.54) is 12.7 Å². The molecule has 1 amide bonds. The molecule has 0 fully saturated rings. The highest BCUT2D eigenvalue weighted by Crippen LogP contribution is 2.54. The molecule has 1 aliphatic carbocycles. The van der Waals surface area contributed by atoms with E-state index in [4.69, 9.17) is 9.47 Å². The van der Waals surface area contributed by atoms with Crippen LogP contribution >= 0.6 is 0 Å². The maximum atomic E-state index is 13.8. The van der Waals surface area contributed by atoms with Gasteiger partial charge in [0.15, 0.2) is 0 Å². The minimum atomic E-state index is -0.881. The number of phenols is 1. The minimum absolute atomic E-state index is 0.0359. The number of hydrogen-bond donors (Lipinski definition) is 2. The van der Waals surface area contributed by atoms with Gasteiger partial charge in [0.1, 0.15) is 23.1 Å². The average molecular weight is 520 g/mol. The molecule has 0 spiro atoms. The first-order valence-electron chi connectivity index (χ1n) is 13.8. The summed E-state index contributed by atoms with van der Waals surface area (Å²) in [6, 6.07) is 10.6. The number of fused-ring (bicyclic) bond motifs is 3. The third-order valence-electron chi connectivity index (χ3n) is 8.08. The second-order valence-corrected chi connectivity index (χ2v) is 11.3. The monoisotopic (exact) mass is 519 g/mol. The molecule has 4 rings (SSSR count). The van der Waals surface area contributed by atoms with Gasteiger partial charge in [0.25, 0.3) is 5.91 Å². The van der Waals surface area contributed by atoms with Gasteiger partial charge in [-0.1, -0.05) is 61.7 Å². The second-order valence-electron chi connectivity index (χ2n) is 11.3. The molecule has 0 aromatic heterocycles. The van der Waals surface area contributed by atoms with Crippen LogP contribution in [0.1, 0.15) is 92.8 Å². The number of phenolic OH excluding ortho intramolecular Hbond substituents is 1. The molecule has 38 heavy (non-hydrogen) atoms. The van der Waals surface area contributed by atoms with Crippen molar-refractivity contribution >= 4 is 11.9 Å². The molecule has 2 N–H and O–H groups in total. The zero-order valence-corrected chi connectivity index (χ0v) is 23.3. The predicted octanol–water partition coefficient (Wildman–Crippen LogP) is 6.25. The van der Waals surface area contributed by atoms with E-state index in [1.807, 2.05) is 36.4 Å². The van der Waals surface area contributed by atoms with Crippen molar-refractivity contribution in [2.45, 2.75) is 90.2 Å². The van der Waals surface area contributed by atoms with E-state index in [2.05, 4.69) is 39.1 Å². The summed E-state index contributed by atoms with van der Waals surface area (Å²) in [6.45, 7) is 8.47. The number of esters is 1. The lowest BCUT2D eigenvalue weighted by Gasteiger charge is -2.46. The smallest absolute Gasteiger partial charge is 0.328 e. The fraction of sp³-hybridized carbons (Fsp3) is 0.500. The lowest BCUT2D eigenvalue weighted by Crippen LogP contribution is -2.46. The summed E-state index contributed by atoms with van der Waals surface area (Å²) in [5, 5.41) is 14.6. The maximum absolute atomic E-state index is 13.8. The number of ether oxygens (including phenoxy) is 2. The van der Waals surface area contributed by atoms with Crippen LogP contribution in [-0.2, 0) is 22.4 Å². The molecule has 1 heterocycles. The number of allylic oxidation sites excluding steroid dienone is 2. The quantitative estimate of drug-likeness (QED) is 0.232. The number of benzene rings is 2. The van der Waals surface area contributed by atoms with E-state index < -0.39 is 23.5 Å². The number of unbranched alkanes of at least 4 members (excludes halogenated alkanes) is 2. The van der Waals surface area contributed by atoms with E-state index >= 15 is 0 Å². The number of amides is 1. The summed E-state index contributed by atoms with van der Waals surface area (Å²) in [5.41, 5.74) is 3.44. The topological polar surface area (TPSA) is 84.9 Å². The Morgan fingerprint density at radius 3 is 2.63 bits per heavy atom. The molecule has 2 aromatic carbocycles. The van der Waals surface area contributed by atoms with Crippen molar-refractivity contribution in [1.82, 2.24) is 5.32 Å². The van der Waals surface area contributed by atoms with Gasteiger partial charge in [0.2, 0.25) is 0 Å². The van der Waals surface area contributed by atoms with Gasteiger partial charge < -0.3 is 19.9 Å². The number of aryl methyl sites for hydroxylation is 1. The number of carbonyl (C=O) groups excluding carboxylic acids is 2. The number of aromatic hydroxyl groups is 1. The van der Waals surface area contributed by atoms with Gasteiger partial charge in [-0.25, -0.2) is 4.79 Å². The normalized spacial score (nSPS) is 20.3. The Bertz CT molecular complexity index is 1200. The van der Waals surface area contributed by atoms with Crippen LogP contribution in [0.25, 0.3) is 0 Å². The number of carbonyl (C=O) groups is 2. The number of rotatable bonds is 9. The number of methoxy groups -OCH3 is 1. The molecule has 0 saturated carbocycles. The third-order valence-corrected chi connectivity index (χ3v) is 8.08. The Morgan fingerprint density at radius 1 is 1.21 bits per heavy atom. The maximum Gasteiger partial charge on any atom is 0.328 e. The average Bonchev–Trinajstić information content (AvgIpc) is 2.87. The summed E-state index contributed by atoms with van der Waals surface area (Å²) in [4.78, 5) is 26.5. The molecule has 2 aliphatic rings. The van der Waals surface area contributed by atoms with Crippen molar-refractivity contribution < 1.29 is 24.2 Å². The first kappa shape index (κ1) is 27.7. The van der Waals surface area contributed by atoms with Crippen LogP contribution in [0.2, 0.25) is 0 Å². The van der Waals surface area contributed by atoms with E-state index in [0.29, 0.717) is 24.2 Å². The first-order valence-corrected chi connectivity index (χ1v) is 13.8. The molecule has 204 valence electrons. The van der Waals surface area contributed by atoms with Crippen molar-refractivity contribution in [3.05, 3.63) is 70.3 Å². The Balaban J connectivity index is 1.77. The summed E-state index contributed by atoms with van der Waals surface area (Å²) < 4.78 is 11.5. The van der Waals surface area contributed by atoms with E-state index in [0.717, 1.165) is 43.2 Å². The summed E-state index contributed by atoms with van der Waals surface area (Å²) in [7, 11) is 1.32. The highest BCUT2D eigenvalue weighted by Gasteiger charge is 2.46. The Labute approximate surface area is 226 Å². The summed E-state index contributed by atoms with van der Waals surface area (Å²) >= 11 is 0. The third kappa shape index (κ3) is 5.74. The van der Waals surface area contributed by atoms with E-state index in [-0.39, 0.29) is 23.1 Å². The van der Waals surface area contributed by atoms with E-state index in [9.17, 15) is 14.7 Å². The molecule has 6 heteroatoms. The molecule has 3 atom stereocenters. The van der Waals surface area contributed by atoms with Gasteiger partial charge in [0, 0.05) is 23.8 Å². The van der Waals surface area contributed by atoms with Gasteiger partial charge in [-0.05, 0) is 63.6 Å². The largest absolute Gasteiger partial charge is 0.507 e. The Hall–Kier alpha value is -3.28. The zero-order chi connectivity index (χ0) is 27.4. The van der Waals surface area contributed by atoms with E-state index in [1.54, 1.807) is 0 Å². The fourth-order valence-corrected chi connectivity index (χ4v) is 6.04. The predicted molar refractivity (Wildman–Crippen MR) is 149 cm³/mol. The van der Waals surface area contributed by atoms with Gasteiger partial charge >= 0.3 is 5.97 Å². The van der Waals surface area contributed by atoms with Crippen molar-refractivity contribution in [3.63, 3.8) is 0 Å². The molecule has 2 aromatic rings. The van der Waals surface area contributed by atoms with Crippen LogP contribution in [0.5, 0.6) is 11.5 Å². The van der Waals surface area contributed by atoms with Gasteiger partial charge in [-0.2, -0.15) is 0 Å². The van der Waals surface area contributed by atoms with Crippen LogP contribution in [-0.4, -0.2) is 35.7 Å². The Kier molecular flexibility index (Phi) is 8.49. The molecule has 0 bridgehead atoms. The van der Waals surface area contributed by atoms with Crippen LogP contribution in [0.15, 0.2) is 48.0 Å². The molecule has 0 radical (unpaired) electrons. The van der Waals surface area contributed by atoms with Crippen LogP contribution in [0.3, 0.4) is 0 Å². The highest BCUT2D eigenvalue weighted by molar-refractivity contribution is 6.01. The van der Waals surface area contributed by atoms with Crippen LogP contribution in [0, 0.1) is 5.92 Å². The highest BCUT2D eigenvalue weighted by atomic mass is 16.5. The van der Waals surface area contributed by atoms with Crippen molar-refractivity contribution in [2.75, 3.05) is 7.11 Å². The van der Waals surface area contributed by atoms with Gasteiger partial charge in [0.05, 0.1) is 12.7 Å². The van der Waals surface area contributed by atoms with Crippen molar-refractivity contribution in [3.8, 4) is 11.5 Å². The molecule has 1 aliphatic heterocycles. The number of nitrogens with one attached hydrogen (secondary N) is 1. The van der Waals surface area contributed by atoms with Gasteiger partial charge in [-0.15, -0.1) is 0 Å². The standard InChI is InChI=1S/C32H41NO5/c1-6-7-9-14-22-19-26-28(23-17-20(2)15-16-24(23)32(3,4)38-26)29(34)27(22)30(35)33-25(31(36)37-5)18-21-12-10-8-11-13-21/h8,10-13,17,19,23-25,34H,6-7,9,14-16,18H2,1-5H3,(H,33,35)/t23?,24?,25-/m0/s1. The lowest BCUT2D eigenvalue weighted by molar-refractivity contribution is -0.142. The van der Waals surface area contributed by atoms with Crippen molar-refractivity contribution in [2.24, 2.45) is 5.92 Å². The summed E-state index contributed by atoms with van der Waals surface area (Å²) in [5.74, 6) is -0.237. The zero-order valence-electron chi connectivity index (χ0n) is 23.3. The molecular formula is C32H41NO5. The fourth-order valence-electron chi connectivity index (χ4n) is 6.04. The molecule has 0 saturated heterocycles. The molecular weight excluding hydrogens is 478 g/mol. The van der Waals surface area contributed by atoms with Crippen LogP contribution < -0.4 is 10.1 Å². The summed E-state index contributed by atoms with van der Waals surface area (Å²) in [6.07, 6.45) is 8.03.